The van der Waals surface area contributed by atoms with Crippen molar-refractivity contribution in [3.05, 3.63) is 17.5 Å². The highest BCUT2D eigenvalue weighted by molar-refractivity contribution is 5.71. The van der Waals surface area contributed by atoms with E-state index in [1.807, 2.05) is 0 Å². The molecule has 0 aromatic carbocycles. The molecule has 2 heterocycles. The van der Waals surface area contributed by atoms with Gasteiger partial charge in [0.25, 0.3) is 0 Å². The predicted molar refractivity (Wildman–Crippen MR) is 51.5 cm³/mol. The van der Waals surface area contributed by atoms with Gasteiger partial charge in [0.2, 0.25) is 5.95 Å². The van der Waals surface area contributed by atoms with E-state index in [4.69, 9.17) is 9.84 Å². The molecular formula is C9H11N3O3. The van der Waals surface area contributed by atoms with E-state index in [2.05, 4.69) is 15.3 Å². The average Bonchev–Trinajstić information content (AvgIpc) is 2.26. The first-order chi connectivity index (χ1) is 7.25. The van der Waals surface area contributed by atoms with Crippen molar-refractivity contribution >= 4 is 11.9 Å². The SMILES string of the molecule is O=C(O)CNc1ncc2c(n1)CCOC2. The zero-order chi connectivity index (χ0) is 10.7. The second-order valence-electron chi connectivity index (χ2n) is 3.22. The first-order valence-electron chi connectivity index (χ1n) is 4.64. The Balaban J connectivity index is 2.10. The summed E-state index contributed by atoms with van der Waals surface area (Å²) in [5, 5.41) is 11.1. The normalized spacial score (nSPS) is 14.4. The Kier molecular flexibility index (Phi) is 2.77. The summed E-state index contributed by atoms with van der Waals surface area (Å²) in [4.78, 5) is 18.5. The molecule has 80 valence electrons. The van der Waals surface area contributed by atoms with Crippen LogP contribution in [0.15, 0.2) is 6.20 Å². The van der Waals surface area contributed by atoms with Crippen LogP contribution in [0.2, 0.25) is 0 Å². The van der Waals surface area contributed by atoms with Crippen molar-refractivity contribution in [2.45, 2.75) is 13.0 Å². The van der Waals surface area contributed by atoms with Crippen LogP contribution in [0, 0.1) is 0 Å². The van der Waals surface area contributed by atoms with Gasteiger partial charge in [-0.05, 0) is 0 Å². The number of anilines is 1. The summed E-state index contributed by atoms with van der Waals surface area (Å²) >= 11 is 0. The maximum atomic E-state index is 10.3. The van der Waals surface area contributed by atoms with Gasteiger partial charge in [0.05, 0.1) is 18.9 Å². The van der Waals surface area contributed by atoms with Gasteiger partial charge in [-0.15, -0.1) is 0 Å². The highest BCUT2D eigenvalue weighted by atomic mass is 16.5. The van der Waals surface area contributed by atoms with E-state index in [9.17, 15) is 4.79 Å². The highest BCUT2D eigenvalue weighted by Crippen LogP contribution is 2.14. The number of ether oxygens (including phenoxy) is 1. The zero-order valence-electron chi connectivity index (χ0n) is 8.06. The van der Waals surface area contributed by atoms with Crippen LogP contribution in [0.3, 0.4) is 0 Å². The molecule has 1 aromatic rings. The van der Waals surface area contributed by atoms with Gasteiger partial charge in [0.1, 0.15) is 6.54 Å². The Morgan fingerprint density at radius 3 is 3.33 bits per heavy atom. The lowest BCUT2D eigenvalue weighted by atomic mass is 10.1. The number of carboxylic acid groups (broad SMARTS) is 1. The fourth-order valence-electron chi connectivity index (χ4n) is 1.37. The Hall–Kier alpha value is -1.69. The van der Waals surface area contributed by atoms with Crippen molar-refractivity contribution in [1.29, 1.82) is 0 Å². The molecule has 0 unspecified atom stereocenters. The number of hydrogen-bond donors (Lipinski definition) is 2. The highest BCUT2D eigenvalue weighted by Gasteiger charge is 2.12. The molecule has 1 aliphatic heterocycles. The first-order valence-corrected chi connectivity index (χ1v) is 4.64. The lowest BCUT2D eigenvalue weighted by molar-refractivity contribution is -0.134. The molecule has 1 aliphatic rings. The molecule has 0 spiro atoms. The molecule has 0 saturated carbocycles. The summed E-state index contributed by atoms with van der Waals surface area (Å²) in [5.74, 6) is -0.572. The van der Waals surface area contributed by atoms with Crippen LogP contribution in [0.5, 0.6) is 0 Å². The molecule has 0 fully saturated rings. The van der Waals surface area contributed by atoms with Gasteiger partial charge in [-0.25, -0.2) is 9.97 Å². The van der Waals surface area contributed by atoms with Crippen LogP contribution in [-0.2, 0) is 22.6 Å². The number of carboxylic acids is 1. The number of hydrogen-bond acceptors (Lipinski definition) is 5. The van der Waals surface area contributed by atoms with E-state index in [0.29, 0.717) is 19.2 Å². The summed E-state index contributed by atoms with van der Waals surface area (Å²) < 4.78 is 5.24. The van der Waals surface area contributed by atoms with E-state index < -0.39 is 5.97 Å². The quantitative estimate of drug-likeness (QED) is 0.731. The average molecular weight is 209 g/mol. The lowest BCUT2D eigenvalue weighted by Crippen LogP contribution is -2.17. The molecule has 0 bridgehead atoms. The van der Waals surface area contributed by atoms with Crippen molar-refractivity contribution in [2.75, 3.05) is 18.5 Å². The molecule has 0 amide bonds. The zero-order valence-corrected chi connectivity index (χ0v) is 8.06. The molecular weight excluding hydrogens is 198 g/mol. The second kappa shape index (κ2) is 4.22. The van der Waals surface area contributed by atoms with Crippen LogP contribution in [0.25, 0.3) is 0 Å². The van der Waals surface area contributed by atoms with Gasteiger partial charge < -0.3 is 15.2 Å². The molecule has 6 nitrogen and oxygen atoms in total. The van der Waals surface area contributed by atoms with E-state index in [1.54, 1.807) is 6.20 Å². The van der Waals surface area contributed by atoms with Crippen molar-refractivity contribution in [3.8, 4) is 0 Å². The van der Waals surface area contributed by atoms with Crippen molar-refractivity contribution in [1.82, 2.24) is 9.97 Å². The molecule has 0 radical (unpaired) electrons. The number of nitrogens with zero attached hydrogens (tertiary/aromatic N) is 2. The van der Waals surface area contributed by atoms with Crippen molar-refractivity contribution in [3.63, 3.8) is 0 Å². The number of aliphatic carboxylic acids is 1. The molecule has 6 heteroatoms. The van der Waals surface area contributed by atoms with E-state index in [-0.39, 0.29) is 6.54 Å². The van der Waals surface area contributed by atoms with Crippen LogP contribution in [0.1, 0.15) is 11.3 Å². The molecule has 0 atom stereocenters. The minimum absolute atomic E-state index is 0.171. The van der Waals surface area contributed by atoms with Gasteiger partial charge in [-0.3, -0.25) is 4.79 Å². The maximum Gasteiger partial charge on any atom is 0.322 e. The van der Waals surface area contributed by atoms with Crippen LogP contribution in [0.4, 0.5) is 5.95 Å². The third-order valence-electron chi connectivity index (χ3n) is 2.09. The fourth-order valence-corrected chi connectivity index (χ4v) is 1.37. The lowest BCUT2D eigenvalue weighted by Gasteiger charge is -2.15. The summed E-state index contributed by atoms with van der Waals surface area (Å²) in [7, 11) is 0. The Labute approximate surface area is 86.3 Å². The second-order valence-corrected chi connectivity index (χ2v) is 3.22. The Morgan fingerprint density at radius 1 is 1.67 bits per heavy atom. The number of fused-ring (bicyclic) bond motifs is 1. The largest absolute Gasteiger partial charge is 0.480 e. The smallest absolute Gasteiger partial charge is 0.322 e. The van der Waals surface area contributed by atoms with Gasteiger partial charge in [-0.2, -0.15) is 0 Å². The Morgan fingerprint density at radius 2 is 2.53 bits per heavy atom. The summed E-state index contributed by atoms with van der Waals surface area (Å²) in [6.45, 7) is 1.02. The third-order valence-corrected chi connectivity index (χ3v) is 2.09. The molecule has 15 heavy (non-hydrogen) atoms. The first kappa shape index (κ1) is 9.85. The summed E-state index contributed by atoms with van der Waals surface area (Å²) in [6, 6.07) is 0. The number of carbonyl (C=O) groups is 1. The van der Waals surface area contributed by atoms with E-state index in [0.717, 1.165) is 17.7 Å². The van der Waals surface area contributed by atoms with E-state index >= 15 is 0 Å². The van der Waals surface area contributed by atoms with Crippen molar-refractivity contribution < 1.29 is 14.6 Å². The van der Waals surface area contributed by atoms with Gasteiger partial charge >= 0.3 is 5.97 Å². The summed E-state index contributed by atoms with van der Waals surface area (Å²) in [6.07, 6.45) is 2.42. The minimum Gasteiger partial charge on any atom is -0.480 e. The molecule has 1 aromatic heterocycles. The van der Waals surface area contributed by atoms with Crippen LogP contribution < -0.4 is 5.32 Å². The monoisotopic (exact) mass is 209 g/mol. The van der Waals surface area contributed by atoms with Gasteiger partial charge in [0.15, 0.2) is 0 Å². The van der Waals surface area contributed by atoms with Crippen molar-refractivity contribution in [2.24, 2.45) is 0 Å². The molecule has 0 aliphatic carbocycles. The maximum absolute atomic E-state index is 10.3. The van der Waals surface area contributed by atoms with Gasteiger partial charge in [0, 0.05) is 18.2 Å². The third kappa shape index (κ3) is 2.41. The topological polar surface area (TPSA) is 84.3 Å². The molecule has 2 rings (SSSR count). The standard InChI is InChI=1S/C9H11N3O3/c13-8(14)4-11-9-10-3-6-5-15-2-1-7(6)12-9/h3H,1-2,4-5H2,(H,13,14)(H,10,11,12). The van der Waals surface area contributed by atoms with Crippen LogP contribution >= 0.6 is 0 Å². The Bertz CT molecular complexity index is 381. The molecule has 0 saturated heterocycles. The van der Waals surface area contributed by atoms with Gasteiger partial charge in [-0.1, -0.05) is 0 Å². The minimum atomic E-state index is -0.931. The number of nitrogens with one attached hydrogen (secondary N) is 1. The predicted octanol–water partition coefficient (Wildman–Crippen LogP) is 0.0458. The summed E-state index contributed by atoms with van der Waals surface area (Å²) in [5.41, 5.74) is 1.91. The molecule has 2 N–H and O–H groups in total. The van der Waals surface area contributed by atoms with E-state index in [1.165, 1.54) is 0 Å². The number of aromatic nitrogens is 2. The van der Waals surface area contributed by atoms with Crippen LogP contribution in [-0.4, -0.2) is 34.2 Å². The fraction of sp³-hybridized carbons (Fsp3) is 0.444. The number of rotatable bonds is 3.